The van der Waals surface area contributed by atoms with E-state index in [1.165, 1.54) is 6.33 Å². The second kappa shape index (κ2) is 8.94. The maximum Gasteiger partial charge on any atom is 0.167 e. The molecule has 3 N–H and O–H groups in total. The van der Waals surface area contributed by atoms with E-state index in [9.17, 15) is 0 Å². The van der Waals surface area contributed by atoms with Crippen molar-refractivity contribution >= 4 is 33.6 Å². The minimum absolute atomic E-state index is 0.101. The average Bonchev–Trinajstić information content (AvgIpc) is 3.61. The van der Waals surface area contributed by atoms with E-state index in [1.807, 2.05) is 43.6 Å². The number of aromatic nitrogens is 4. The van der Waals surface area contributed by atoms with Crippen molar-refractivity contribution < 1.29 is 18.6 Å². The normalized spacial score (nSPS) is 24.4. The Morgan fingerprint density at radius 1 is 1.26 bits per heavy atom. The number of nitrogens with one attached hydrogen (secondary N) is 1. The molecule has 1 aromatic carbocycles. The van der Waals surface area contributed by atoms with Crippen molar-refractivity contribution in [2.75, 3.05) is 31.3 Å². The molecule has 10 heteroatoms. The van der Waals surface area contributed by atoms with Gasteiger partial charge in [-0.3, -0.25) is 0 Å². The van der Waals surface area contributed by atoms with Gasteiger partial charge < -0.3 is 29.8 Å². The van der Waals surface area contributed by atoms with E-state index in [1.54, 1.807) is 4.57 Å². The molecule has 3 aromatic heterocycles. The smallest absolute Gasteiger partial charge is 0.167 e. The molecule has 9 nitrogen and oxygen atoms in total. The molecule has 0 aliphatic carbocycles. The third kappa shape index (κ3) is 4.02. The maximum absolute atomic E-state index is 15.2. The van der Waals surface area contributed by atoms with Gasteiger partial charge in [0.05, 0.1) is 23.1 Å². The lowest BCUT2D eigenvalue weighted by molar-refractivity contribution is -0.0312. The van der Waals surface area contributed by atoms with Crippen molar-refractivity contribution in [2.24, 2.45) is 0 Å². The Labute approximate surface area is 201 Å². The Balaban J connectivity index is 1.21. The van der Waals surface area contributed by atoms with E-state index in [-0.39, 0.29) is 19.1 Å². The molecule has 4 atom stereocenters. The van der Waals surface area contributed by atoms with Gasteiger partial charge in [0.15, 0.2) is 6.23 Å². The third-order valence-corrected chi connectivity index (χ3v) is 6.70. The van der Waals surface area contributed by atoms with Crippen molar-refractivity contribution in [1.82, 2.24) is 19.5 Å². The van der Waals surface area contributed by atoms with E-state index in [0.717, 1.165) is 35.1 Å². The van der Waals surface area contributed by atoms with E-state index in [2.05, 4.69) is 20.3 Å². The van der Waals surface area contributed by atoms with Gasteiger partial charge in [0, 0.05) is 43.3 Å². The molecule has 0 saturated carbocycles. The highest BCUT2D eigenvalue weighted by Gasteiger charge is 2.39. The van der Waals surface area contributed by atoms with Gasteiger partial charge in [0.1, 0.15) is 42.1 Å². The molecule has 0 amide bonds. The molecular formula is C25H27FN6O3. The first-order chi connectivity index (χ1) is 17.1. The molecule has 2 unspecified atom stereocenters. The molecule has 2 fully saturated rings. The summed E-state index contributed by atoms with van der Waals surface area (Å²) < 4.78 is 34.9. The lowest BCUT2D eigenvalue weighted by atomic mass is 10.1. The number of hydrogen-bond donors (Lipinski definition) is 2. The molecular weight excluding hydrogens is 451 g/mol. The summed E-state index contributed by atoms with van der Waals surface area (Å²) in [6.07, 6.45) is 2.76. The predicted octanol–water partition coefficient (Wildman–Crippen LogP) is 4.16. The minimum Gasteiger partial charge on any atom is -0.491 e. The largest absolute Gasteiger partial charge is 0.491 e. The highest BCUT2D eigenvalue weighted by atomic mass is 19.1. The molecule has 4 aromatic rings. The summed E-state index contributed by atoms with van der Waals surface area (Å²) in [4.78, 5) is 13.1. The van der Waals surface area contributed by atoms with E-state index < -0.39 is 18.5 Å². The Hall–Kier alpha value is -3.50. The predicted molar refractivity (Wildman–Crippen MR) is 130 cm³/mol. The van der Waals surface area contributed by atoms with Crippen molar-refractivity contribution in [3.8, 4) is 5.75 Å². The van der Waals surface area contributed by atoms with E-state index >= 15 is 4.39 Å². The lowest BCUT2D eigenvalue weighted by Gasteiger charge is -2.17. The number of rotatable bonds is 6. The highest BCUT2D eigenvalue weighted by molar-refractivity contribution is 5.90. The fourth-order valence-electron chi connectivity index (χ4n) is 4.97. The Morgan fingerprint density at radius 2 is 2.14 bits per heavy atom. The van der Waals surface area contributed by atoms with Gasteiger partial charge in [-0.2, -0.15) is 0 Å². The monoisotopic (exact) mass is 478 g/mol. The second-order valence-electron chi connectivity index (χ2n) is 8.96. The molecule has 2 aliphatic heterocycles. The molecule has 0 bridgehead atoms. The van der Waals surface area contributed by atoms with Crippen LogP contribution in [-0.4, -0.2) is 52.1 Å². The number of hydrogen-bond acceptors (Lipinski definition) is 8. The van der Waals surface area contributed by atoms with Crippen molar-refractivity contribution in [3.63, 3.8) is 0 Å². The first-order valence-corrected chi connectivity index (χ1v) is 11.8. The fraction of sp³-hybridized carbons (Fsp3) is 0.400. The van der Waals surface area contributed by atoms with E-state index in [4.69, 9.17) is 19.9 Å². The van der Waals surface area contributed by atoms with Crippen LogP contribution >= 0.6 is 0 Å². The van der Waals surface area contributed by atoms with Crippen LogP contribution in [0.2, 0.25) is 0 Å². The zero-order valence-electron chi connectivity index (χ0n) is 19.4. The summed E-state index contributed by atoms with van der Waals surface area (Å²) in [7, 11) is 1.83. The topological polar surface area (TPSA) is 109 Å². The number of alkyl halides is 1. The first-order valence-electron chi connectivity index (χ1n) is 11.8. The Morgan fingerprint density at radius 3 is 2.97 bits per heavy atom. The number of anilines is 2. The quantitative estimate of drug-likeness (QED) is 0.425. The SMILES string of the molecule is CNc1ccc2ccc(OC[C@@H]3C[C@H](F)C(n4cc(C5CCCO5)c5c(N)ncnc54)O3)cc2n1. The van der Waals surface area contributed by atoms with Crippen LogP contribution in [0.1, 0.15) is 37.2 Å². The first kappa shape index (κ1) is 22.0. The number of nitrogens with zero attached hydrogens (tertiary/aromatic N) is 4. The molecule has 5 heterocycles. The molecule has 0 radical (unpaired) electrons. The van der Waals surface area contributed by atoms with Gasteiger partial charge in [-0.15, -0.1) is 0 Å². The van der Waals surface area contributed by atoms with Gasteiger partial charge >= 0.3 is 0 Å². The van der Waals surface area contributed by atoms with Crippen LogP contribution in [0.15, 0.2) is 42.9 Å². The van der Waals surface area contributed by atoms with Crippen LogP contribution in [0.4, 0.5) is 16.0 Å². The molecule has 2 saturated heterocycles. The number of pyridine rings is 1. The van der Waals surface area contributed by atoms with Crippen LogP contribution in [0.3, 0.4) is 0 Å². The molecule has 0 spiro atoms. The second-order valence-corrected chi connectivity index (χ2v) is 8.96. The zero-order chi connectivity index (χ0) is 23.9. The number of fused-ring (bicyclic) bond motifs is 2. The zero-order valence-corrected chi connectivity index (χ0v) is 19.4. The van der Waals surface area contributed by atoms with Gasteiger partial charge in [-0.05, 0) is 37.1 Å². The summed E-state index contributed by atoms with van der Waals surface area (Å²) in [5.74, 6) is 1.80. The third-order valence-electron chi connectivity index (χ3n) is 6.70. The number of nitrogens with two attached hydrogens (primary N) is 1. The van der Waals surface area contributed by atoms with Crippen LogP contribution in [0, 0.1) is 0 Å². The van der Waals surface area contributed by atoms with Crippen molar-refractivity contribution in [1.29, 1.82) is 0 Å². The van der Waals surface area contributed by atoms with Crippen LogP contribution in [-0.2, 0) is 9.47 Å². The fourth-order valence-corrected chi connectivity index (χ4v) is 4.97. The standard InChI is InChI=1S/C25H27FN6O3/c1-28-21-7-5-14-4-6-15(10-19(14)31-21)34-12-16-9-18(26)25(35-16)32-11-17(20-3-2-8-33-20)22-23(27)29-13-30-24(22)32/h4-7,10-11,13,16,18,20,25H,2-3,8-9,12H2,1H3,(H,28,31)(H2,27,29,30)/t16-,18-,20?,25?/m0/s1. The van der Waals surface area contributed by atoms with Gasteiger partial charge in [0.2, 0.25) is 0 Å². The molecule has 35 heavy (non-hydrogen) atoms. The van der Waals surface area contributed by atoms with E-state index in [0.29, 0.717) is 29.2 Å². The summed E-state index contributed by atoms with van der Waals surface area (Å²) >= 11 is 0. The minimum atomic E-state index is -1.22. The maximum atomic E-state index is 15.2. The lowest BCUT2D eigenvalue weighted by Crippen LogP contribution is -2.19. The Bertz CT molecular complexity index is 1370. The van der Waals surface area contributed by atoms with Gasteiger partial charge in [-0.25, -0.2) is 19.3 Å². The molecule has 6 rings (SSSR count). The highest BCUT2D eigenvalue weighted by Crippen LogP contribution is 2.40. The van der Waals surface area contributed by atoms with Gasteiger partial charge in [-0.1, -0.05) is 0 Å². The van der Waals surface area contributed by atoms with Crippen LogP contribution < -0.4 is 15.8 Å². The number of nitrogen functional groups attached to an aromatic ring is 1. The summed E-state index contributed by atoms with van der Waals surface area (Å²) in [5.41, 5.74) is 8.44. The Kier molecular flexibility index (Phi) is 5.62. The van der Waals surface area contributed by atoms with Crippen LogP contribution in [0.25, 0.3) is 21.9 Å². The van der Waals surface area contributed by atoms with Gasteiger partial charge in [0.25, 0.3) is 0 Å². The van der Waals surface area contributed by atoms with Crippen molar-refractivity contribution in [3.05, 3.63) is 48.4 Å². The number of halogens is 1. The number of ether oxygens (including phenoxy) is 3. The molecule has 2 aliphatic rings. The number of benzene rings is 1. The average molecular weight is 479 g/mol. The molecule has 182 valence electrons. The summed E-state index contributed by atoms with van der Waals surface area (Å²) in [6, 6.07) is 9.64. The summed E-state index contributed by atoms with van der Waals surface area (Å²) in [5, 5.41) is 4.76. The van der Waals surface area contributed by atoms with Crippen molar-refractivity contribution in [2.45, 2.75) is 43.9 Å². The summed E-state index contributed by atoms with van der Waals surface area (Å²) in [6.45, 7) is 0.916. The van der Waals surface area contributed by atoms with Crippen LogP contribution in [0.5, 0.6) is 5.75 Å².